The first-order valence-corrected chi connectivity index (χ1v) is 10.3. The fourth-order valence-electron chi connectivity index (χ4n) is 3.99. The number of fused-ring (bicyclic) bond motifs is 2. The van der Waals surface area contributed by atoms with Gasteiger partial charge in [0.15, 0.2) is 5.69 Å². The van der Waals surface area contributed by atoms with E-state index in [2.05, 4.69) is 32.3 Å². The van der Waals surface area contributed by atoms with Gasteiger partial charge < -0.3 is 20.6 Å². The Morgan fingerprint density at radius 2 is 1.97 bits per heavy atom. The lowest BCUT2D eigenvalue weighted by Crippen LogP contribution is -2.03. The fraction of sp³-hybridized carbons (Fsp3) is 0.125. The first-order chi connectivity index (χ1) is 15.6. The molecule has 8 heteroatoms. The van der Waals surface area contributed by atoms with Gasteiger partial charge in [-0.1, -0.05) is 24.3 Å². The summed E-state index contributed by atoms with van der Waals surface area (Å²) in [5.74, 6) is -0.170. The molecule has 0 spiro atoms. The van der Waals surface area contributed by atoms with Crippen LogP contribution in [0.5, 0.6) is 5.75 Å². The summed E-state index contributed by atoms with van der Waals surface area (Å²) in [6.07, 6.45) is 5.35. The van der Waals surface area contributed by atoms with Crippen LogP contribution in [0.1, 0.15) is 22.5 Å². The standard InChI is InChI=1S/C24H21N5O3/c25-23-21(14-7-8-19-17(12-14)22(24(30)31)29-28-19)20(9-10-26-23)32-11-3-4-15-13-27-18-6-2-1-5-16(15)18/h1-2,5-10,12-13,27H,3-4,11H2,(H2,25,26)(H,28,29)(H,30,31). The lowest BCUT2D eigenvalue weighted by atomic mass is 10.0. The number of benzene rings is 2. The molecule has 0 fully saturated rings. The number of aromatic amines is 2. The highest BCUT2D eigenvalue weighted by atomic mass is 16.5. The first kappa shape index (κ1) is 19.6. The van der Waals surface area contributed by atoms with Crippen LogP contribution in [0, 0.1) is 0 Å². The number of aryl methyl sites for hydroxylation is 1. The molecule has 0 aliphatic heterocycles. The number of pyridine rings is 1. The van der Waals surface area contributed by atoms with E-state index in [1.165, 1.54) is 10.9 Å². The lowest BCUT2D eigenvalue weighted by molar-refractivity contribution is 0.0692. The van der Waals surface area contributed by atoms with Crippen LogP contribution in [0.15, 0.2) is 60.9 Å². The monoisotopic (exact) mass is 427 g/mol. The number of H-pyrrole nitrogens is 2. The summed E-state index contributed by atoms with van der Waals surface area (Å²) >= 11 is 0. The Hall–Kier alpha value is -4.33. The van der Waals surface area contributed by atoms with E-state index in [0.29, 0.717) is 34.6 Å². The molecule has 2 aromatic carbocycles. The van der Waals surface area contributed by atoms with Crippen molar-refractivity contribution in [3.63, 3.8) is 0 Å². The summed E-state index contributed by atoms with van der Waals surface area (Å²) in [5.41, 5.74) is 10.5. The van der Waals surface area contributed by atoms with Gasteiger partial charge in [-0.2, -0.15) is 5.10 Å². The third-order valence-corrected chi connectivity index (χ3v) is 5.52. The topological polar surface area (TPSA) is 130 Å². The summed E-state index contributed by atoms with van der Waals surface area (Å²) in [5, 5.41) is 17.7. The van der Waals surface area contributed by atoms with Crippen LogP contribution in [-0.4, -0.2) is 37.8 Å². The molecule has 0 saturated carbocycles. The number of nitrogen functional groups attached to an aromatic ring is 1. The largest absolute Gasteiger partial charge is 0.493 e. The van der Waals surface area contributed by atoms with Gasteiger partial charge in [0.05, 0.1) is 17.7 Å². The molecule has 0 aliphatic rings. The van der Waals surface area contributed by atoms with E-state index in [0.717, 1.165) is 23.9 Å². The van der Waals surface area contributed by atoms with Crippen molar-refractivity contribution in [3.05, 3.63) is 72.2 Å². The number of rotatable bonds is 7. The molecule has 0 unspecified atom stereocenters. The molecule has 5 rings (SSSR count). The van der Waals surface area contributed by atoms with E-state index in [4.69, 9.17) is 10.5 Å². The predicted molar refractivity (Wildman–Crippen MR) is 123 cm³/mol. The van der Waals surface area contributed by atoms with Gasteiger partial charge >= 0.3 is 5.97 Å². The van der Waals surface area contributed by atoms with Gasteiger partial charge in [-0.15, -0.1) is 0 Å². The molecule has 3 heterocycles. The molecule has 0 bridgehead atoms. The number of anilines is 1. The quantitative estimate of drug-likeness (QED) is 0.285. The number of nitrogens with one attached hydrogen (secondary N) is 2. The summed E-state index contributed by atoms with van der Waals surface area (Å²) in [6, 6.07) is 15.4. The maximum absolute atomic E-state index is 11.5. The minimum Gasteiger partial charge on any atom is -0.493 e. The second-order valence-electron chi connectivity index (χ2n) is 7.52. The van der Waals surface area contributed by atoms with Gasteiger partial charge in [-0.3, -0.25) is 5.10 Å². The molecule has 8 nitrogen and oxygen atoms in total. The smallest absolute Gasteiger partial charge is 0.357 e. The number of aromatic carboxylic acids is 1. The summed E-state index contributed by atoms with van der Waals surface area (Å²) in [6.45, 7) is 0.504. The van der Waals surface area contributed by atoms with Crippen LogP contribution in [0.25, 0.3) is 32.9 Å². The second-order valence-corrected chi connectivity index (χ2v) is 7.52. The third-order valence-electron chi connectivity index (χ3n) is 5.52. The van der Waals surface area contributed by atoms with Gasteiger partial charge in [0.25, 0.3) is 0 Å². The van der Waals surface area contributed by atoms with Crippen molar-refractivity contribution in [1.82, 2.24) is 20.2 Å². The highest BCUT2D eigenvalue weighted by Gasteiger charge is 2.17. The molecule has 0 atom stereocenters. The Kier molecular flexibility index (Phi) is 4.95. The zero-order chi connectivity index (χ0) is 22.1. The molecule has 160 valence electrons. The number of carbonyl (C=O) groups is 1. The first-order valence-electron chi connectivity index (χ1n) is 10.3. The predicted octanol–water partition coefficient (Wildman–Crippen LogP) is 4.40. The Morgan fingerprint density at radius 3 is 2.84 bits per heavy atom. The van der Waals surface area contributed by atoms with E-state index >= 15 is 0 Å². The Balaban J connectivity index is 1.37. The number of nitrogens with two attached hydrogens (primary N) is 1. The molecule has 0 aliphatic carbocycles. The number of hydrogen-bond acceptors (Lipinski definition) is 5. The molecule has 5 aromatic rings. The summed E-state index contributed by atoms with van der Waals surface area (Å²) in [4.78, 5) is 19.0. The zero-order valence-corrected chi connectivity index (χ0v) is 17.1. The van der Waals surface area contributed by atoms with Crippen LogP contribution in [0.4, 0.5) is 5.82 Å². The van der Waals surface area contributed by atoms with Crippen molar-refractivity contribution in [1.29, 1.82) is 0 Å². The van der Waals surface area contributed by atoms with Crippen LogP contribution in [0.3, 0.4) is 0 Å². The second kappa shape index (κ2) is 8.07. The number of hydrogen-bond donors (Lipinski definition) is 4. The summed E-state index contributed by atoms with van der Waals surface area (Å²) in [7, 11) is 0. The highest BCUT2D eigenvalue weighted by molar-refractivity contribution is 6.02. The van der Waals surface area contributed by atoms with Crippen molar-refractivity contribution < 1.29 is 14.6 Å². The molecule has 5 N–H and O–H groups in total. The summed E-state index contributed by atoms with van der Waals surface area (Å²) < 4.78 is 6.08. The minimum atomic E-state index is -1.10. The van der Waals surface area contributed by atoms with E-state index < -0.39 is 5.97 Å². The third kappa shape index (κ3) is 3.51. The highest BCUT2D eigenvalue weighted by Crippen LogP contribution is 2.36. The van der Waals surface area contributed by atoms with Crippen LogP contribution >= 0.6 is 0 Å². The minimum absolute atomic E-state index is 0.0366. The molecular formula is C24H21N5O3. The van der Waals surface area contributed by atoms with Crippen LogP contribution < -0.4 is 10.5 Å². The number of para-hydroxylation sites is 1. The van der Waals surface area contributed by atoms with E-state index in [1.807, 2.05) is 24.4 Å². The van der Waals surface area contributed by atoms with Gasteiger partial charge in [0, 0.05) is 28.7 Å². The van der Waals surface area contributed by atoms with Crippen molar-refractivity contribution in [2.75, 3.05) is 12.3 Å². The molecule has 0 radical (unpaired) electrons. The van der Waals surface area contributed by atoms with Crippen LogP contribution in [0.2, 0.25) is 0 Å². The van der Waals surface area contributed by atoms with Gasteiger partial charge in [-0.25, -0.2) is 9.78 Å². The van der Waals surface area contributed by atoms with Crippen molar-refractivity contribution in [2.24, 2.45) is 0 Å². The van der Waals surface area contributed by atoms with Gasteiger partial charge in [0.2, 0.25) is 0 Å². The van der Waals surface area contributed by atoms with Crippen molar-refractivity contribution in [3.8, 4) is 16.9 Å². The maximum atomic E-state index is 11.5. The number of carboxylic acid groups (broad SMARTS) is 1. The number of aromatic nitrogens is 4. The average molecular weight is 427 g/mol. The Labute approximate surface area is 183 Å². The van der Waals surface area contributed by atoms with E-state index in [-0.39, 0.29) is 5.69 Å². The number of carboxylic acids is 1. The maximum Gasteiger partial charge on any atom is 0.357 e. The average Bonchev–Trinajstić information content (AvgIpc) is 3.41. The van der Waals surface area contributed by atoms with Gasteiger partial charge in [0.1, 0.15) is 11.6 Å². The molecule has 32 heavy (non-hydrogen) atoms. The van der Waals surface area contributed by atoms with Crippen molar-refractivity contribution in [2.45, 2.75) is 12.8 Å². The number of nitrogens with zero attached hydrogens (tertiary/aromatic N) is 2. The molecule has 0 saturated heterocycles. The normalized spacial score (nSPS) is 11.2. The molecule has 3 aromatic heterocycles. The SMILES string of the molecule is Nc1nccc(OCCCc2c[nH]c3ccccc23)c1-c1ccc2[nH]nc(C(=O)O)c2c1. The zero-order valence-electron chi connectivity index (χ0n) is 17.1. The van der Waals surface area contributed by atoms with E-state index in [9.17, 15) is 9.90 Å². The fourth-order valence-corrected chi connectivity index (χ4v) is 3.99. The molecule has 0 amide bonds. The Morgan fingerprint density at radius 1 is 1.09 bits per heavy atom. The molecular weight excluding hydrogens is 406 g/mol. The van der Waals surface area contributed by atoms with Crippen LogP contribution in [-0.2, 0) is 6.42 Å². The van der Waals surface area contributed by atoms with Gasteiger partial charge in [-0.05, 0) is 48.2 Å². The van der Waals surface area contributed by atoms with Crippen molar-refractivity contribution >= 4 is 33.6 Å². The lowest BCUT2D eigenvalue weighted by Gasteiger charge is -2.13. The Bertz CT molecular complexity index is 1440. The number of ether oxygens (including phenoxy) is 1. The van der Waals surface area contributed by atoms with E-state index in [1.54, 1.807) is 24.4 Å².